The first kappa shape index (κ1) is 22.2. The Balaban J connectivity index is 1.89. The molecule has 1 aliphatic heterocycles. The monoisotopic (exact) mass is 472 g/mol. The number of ether oxygens (including phenoxy) is 1. The summed E-state index contributed by atoms with van der Waals surface area (Å²) in [5, 5.41) is 17.1. The lowest BCUT2D eigenvalue weighted by molar-refractivity contribution is -0.486. The van der Waals surface area contributed by atoms with Crippen LogP contribution in [0.25, 0.3) is 0 Å². The van der Waals surface area contributed by atoms with E-state index in [0.717, 1.165) is 4.88 Å². The van der Waals surface area contributed by atoms with Crippen LogP contribution < -0.4 is 5.32 Å². The van der Waals surface area contributed by atoms with Crippen molar-refractivity contribution in [2.24, 2.45) is 5.10 Å². The molecule has 2 aromatic rings. The number of hydrogen-bond donors (Lipinski definition) is 1. The number of hydrazone groups is 1. The minimum Gasteiger partial charge on any atom is -0.465 e. The molecule has 30 heavy (non-hydrogen) atoms. The van der Waals surface area contributed by atoms with Crippen LogP contribution in [0.3, 0.4) is 0 Å². The Kier molecular flexibility index (Phi) is 7.43. The molecule has 3 rings (SSSR count). The number of guanidine groups is 1. The van der Waals surface area contributed by atoms with Gasteiger partial charge in [-0.05, 0) is 24.6 Å². The van der Waals surface area contributed by atoms with Crippen molar-refractivity contribution in [1.29, 1.82) is 0 Å². The lowest BCUT2D eigenvalue weighted by Crippen LogP contribution is -2.58. The summed E-state index contributed by atoms with van der Waals surface area (Å²) in [5.41, 5.74) is 0.690. The summed E-state index contributed by atoms with van der Waals surface area (Å²) in [7, 11) is 0. The van der Waals surface area contributed by atoms with Crippen molar-refractivity contribution in [2.75, 3.05) is 19.9 Å². The number of hydrogen-bond acceptors (Lipinski definition) is 7. The minimum absolute atomic E-state index is 0.0829. The highest BCUT2D eigenvalue weighted by atomic mass is 35.5. The zero-order chi connectivity index (χ0) is 21.7. The molecule has 1 aliphatic rings. The van der Waals surface area contributed by atoms with Crippen LogP contribution in [0.1, 0.15) is 23.4 Å². The summed E-state index contributed by atoms with van der Waals surface area (Å²) in [4.78, 5) is 31.9. The molecule has 0 aliphatic carbocycles. The number of aromatic nitrogens is 1. The number of nitro groups is 1. The fourth-order valence-electron chi connectivity index (χ4n) is 3.00. The van der Waals surface area contributed by atoms with E-state index in [1.165, 1.54) is 11.3 Å². The number of carbonyl (C=O) groups is 1. The van der Waals surface area contributed by atoms with E-state index in [-0.39, 0.29) is 32.4 Å². The molecule has 0 bridgehead atoms. The number of benzene rings is 1. The van der Waals surface area contributed by atoms with Gasteiger partial charge >= 0.3 is 5.97 Å². The van der Waals surface area contributed by atoms with Crippen molar-refractivity contribution in [3.05, 3.63) is 60.5 Å². The predicted molar refractivity (Wildman–Crippen MR) is 113 cm³/mol. The van der Waals surface area contributed by atoms with Crippen molar-refractivity contribution in [3.63, 3.8) is 0 Å². The highest BCUT2D eigenvalue weighted by Crippen LogP contribution is 2.27. The summed E-state index contributed by atoms with van der Waals surface area (Å²) in [6.45, 7) is 2.56. The van der Waals surface area contributed by atoms with Crippen LogP contribution in [0.2, 0.25) is 9.49 Å². The third kappa shape index (κ3) is 5.57. The fourth-order valence-corrected chi connectivity index (χ4v) is 4.12. The topological polar surface area (TPSA) is 113 Å². The molecule has 13 heteroatoms. The number of thiazole rings is 1. The maximum Gasteiger partial charge on any atom is 0.328 e. The summed E-state index contributed by atoms with van der Waals surface area (Å²) >= 11 is 13.1. The molecule has 160 valence electrons. The van der Waals surface area contributed by atoms with Crippen molar-refractivity contribution in [3.8, 4) is 0 Å². The van der Waals surface area contributed by atoms with E-state index in [2.05, 4.69) is 15.4 Å². The van der Waals surface area contributed by atoms with Crippen LogP contribution in [-0.2, 0) is 16.1 Å². The van der Waals surface area contributed by atoms with Crippen LogP contribution in [0.4, 0.5) is 0 Å². The molecular formula is C17H18Cl2N6O4S. The summed E-state index contributed by atoms with van der Waals surface area (Å²) in [6, 6.07) is 6.14. The number of esters is 1. The molecule has 0 spiro atoms. The molecule has 1 aromatic heterocycles. The number of nitrogens with one attached hydrogen (secondary N) is 1. The van der Waals surface area contributed by atoms with E-state index >= 15 is 0 Å². The van der Waals surface area contributed by atoms with Gasteiger partial charge in [0.05, 0.1) is 26.5 Å². The Morgan fingerprint density at radius 1 is 1.43 bits per heavy atom. The molecule has 0 radical (unpaired) electrons. The Hall–Kier alpha value is -2.47. The Morgan fingerprint density at radius 3 is 2.77 bits per heavy atom. The van der Waals surface area contributed by atoms with Crippen LogP contribution in [-0.4, -0.2) is 51.7 Å². The normalized spacial score (nSPS) is 16.9. The summed E-state index contributed by atoms with van der Waals surface area (Å²) < 4.78 is 5.63. The van der Waals surface area contributed by atoms with Crippen molar-refractivity contribution >= 4 is 46.5 Å². The van der Waals surface area contributed by atoms with Crippen LogP contribution in [0.15, 0.2) is 35.6 Å². The summed E-state index contributed by atoms with van der Waals surface area (Å²) in [6.07, 6.45) is 1.59. The maximum absolute atomic E-state index is 12.7. The largest absolute Gasteiger partial charge is 0.465 e. The Bertz CT molecular complexity index is 939. The number of carbonyl (C=O) groups excluding carboxylic acids is 1. The first-order valence-electron chi connectivity index (χ1n) is 8.85. The van der Waals surface area contributed by atoms with Gasteiger partial charge in [-0.15, -0.1) is 11.3 Å². The van der Waals surface area contributed by atoms with Gasteiger partial charge in [0, 0.05) is 16.1 Å². The third-order valence-electron chi connectivity index (χ3n) is 4.20. The first-order chi connectivity index (χ1) is 14.4. The molecule has 10 nitrogen and oxygen atoms in total. The zero-order valence-electron chi connectivity index (χ0n) is 15.8. The first-order valence-corrected chi connectivity index (χ1v) is 10.4. The lowest BCUT2D eigenvalue weighted by Gasteiger charge is -2.40. The maximum atomic E-state index is 12.7. The summed E-state index contributed by atoms with van der Waals surface area (Å²) in [5.74, 6) is -0.350. The number of nitrogens with zero attached hydrogens (tertiary/aromatic N) is 5. The average Bonchev–Trinajstić information content (AvgIpc) is 3.10. The predicted octanol–water partition coefficient (Wildman–Crippen LogP) is 2.92. The molecular weight excluding hydrogens is 455 g/mol. The second kappa shape index (κ2) is 10.0. The lowest BCUT2D eigenvalue weighted by atomic mass is 10.1. The van der Waals surface area contributed by atoms with E-state index in [1.54, 1.807) is 47.2 Å². The molecule has 1 aromatic carbocycles. The zero-order valence-corrected chi connectivity index (χ0v) is 18.2. The smallest absolute Gasteiger partial charge is 0.328 e. The molecule has 1 saturated heterocycles. The second-order valence-corrected chi connectivity index (χ2v) is 8.34. The van der Waals surface area contributed by atoms with Crippen molar-refractivity contribution in [2.45, 2.75) is 19.5 Å². The third-order valence-corrected chi connectivity index (χ3v) is 5.55. The van der Waals surface area contributed by atoms with E-state index in [4.69, 9.17) is 27.9 Å². The molecule has 0 amide bonds. The fraction of sp³-hybridized carbons (Fsp3) is 0.353. The van der Waals surface area contributed by atoms with Crippen LogP contribution in [0, 0.1) is 10.1 Å². The average molecular weight is 473 g/mol. The van der Waals surface area contributed by atoms with E-state index in [9.17, 15) is 14.9 Å². The van der Waals surface area contributed by atoms with Gasteiger partial charge in [0.15, 0.2) is 9.50 Å². The quantitative estimate of drug-likeness (QED) is 0.371. The number of halogens is 2. The van der Waals surface area contributed by atoms with E-state index in [0.29, 0.717) is 15.1 Å². The van der Waals surface area contributed by atoms with Gasteiger partial charge < -0.3 is 15.0 Å². The molecule has 0 unspecified atom stereocenters. The van der Waals surface area contributed by atoms with Gasteiger partial charge in [-0.25, -0.2) is 19.9 Å². The van der Waals surface area contributed by atoms with Gasteiger partial charge in [-0.1, -0.05) is 35.3 Å². The van der Waals surface area contributed by atoms with E-state index < -0.39 is 17.0 Å². The standard InChI is InChI=1S/C17H18Cl2N6O4S/c1-2-29-15(26)14(11-3-5-12(18)6-4-11)24-9-21-17(22-25(27)28)23(10-24)8-13-7-20-16(19)30-13/h3-7,14H,2,8-10H2,1H3,(H,21,22)/t14-/m0/s1. The number of rotatable bonds is 7. The van der Waals surface area contributed by atoms with Gasteiger partial charge in [0.1, 0.15) is 11.1 Å². The molecule has 0 saturated carbocycles. The van der Waals surface area contributed by atoms with Gasteiger partial charge in [-0.2, -0.15) is 0 Å². The Labute approximate surface area is 186 Å². The molecule has 1 atom stereocenters. The highest BCUT2D eigenvalue weighted by molar-refractivity contribution is 7.15. The van der Waals surface area contributed by atoms with E-state index in [1.807, 2.05) is 0 Å². The van der Waals surface area contributed by atoms with Crippen molar-refractivity contribution in [1.82, 2.24) is 20.1 Å². The van der Waals surface area contributed by atoms with Crippen LogP contribution >= 0.6 is 34.5 Å². The molecule has 1 fully saturated rings. The highest BCUT2D eigenvalue weighted by Gasteiger charge is 2.35. The van der Waals surface area contributed by atoms with Gasteiger partial charge in [0.25, 0.3) is 5.96 Å². The Morgan fingerprint density at radius 2 is 2.17 bits per heavy atom. The van der Waals surface area contributed by atoms with Crippen molar-refractivity contribution < 1.29 is 14.6 Å². The molecule has 1 N–H and O–H groups in total. The second-order valence-electron chi connectivity index (χ2n) is 6.21. The molecule has 2 heterocycles. The minimum atomic E-state index is -0.771. The van der Waals surface area contributed by atoms with Gasteiger partial charge in [-0.3, -0.25) is 4.90 Å². The SMILES string of the molecule is CCOC(=O)[C@H](c1ccc(Cl)cc1)N1CN/C(=N\[N+](=O)[O-])N(Cc2cnc(Cl)s2)C1. The van der Waals surface area contributed by atoms with Crippen LogP contribution in [0.5, 0.6) is 0 Å². The van der Waals surface area contributed by atoms with Gasteiger partial charge in [0.2, 0.25) is 0 Å².